The van der Waals surface area contributed by atoms with Gasteiger partial charge in [0.05, 0.1) is 0 Å². The van der Waals surface area contributed by atoms with E-state index in [0.29, 0.717) is 16.7 Å². The van der Waals surface area contributed by atoms with E-state index in [9.17, 15) is 14.4 Å². The molecule has 3 aromatic carbocycles. The van der Waals surface area contributed by atoms with Crippen molar-refractivity contribution in [2.45, 2.75) is 45.8 Å². The molecule has 0 aliphatic heterocycles. The molecule has 4 rings (SSSR count). The lowest BCUT2D eigenvalue weighted by atomic mass is 10.0. The molecule has 0 saturated heterocycles. The number of amides is 1. The van der Waals surface area contributed by atoms with Gasteiger partial charge in [0.25, 0.3) is 0 Å². The van der Waals surface area contributed by atoms with Crippen LogP contribution >= 0.6 is 0 Å². The van der Waals surface area contributed by atoms with E-state index in [2.05, 4.69) is 12.2 Å². The molecule has 190 valence electrons. The molecule has 0 radical (unpaired) electrons. The average molecular weight is 500 g/mol. The molecule has 4 aromatic rings. The third-order valence-electron chi connectivity index (χ3n) is 6.05. The first-order valence-corrected chi connectivity index (χ1v) is 12.3. The summed E-state index contributed by atoms with van der Waals surface area (Å²) in [6.07, 6.45) is 1.94. The van der Waals surface area contributed by atoms with Crippen molar-refractivity contribution in [3.8, 4) is 5.75 Å². The van der Waals surface area contributed by atoms with Gasteiger partial charge in [0.2, 0.25) is 0 Å². The minimum atomic E-state index is -1.11. The molecule has 0 fully saturated rings. The zero-order valence-corrected chi connectivity index (χ0v) is 20.9. The van der Waals surface area contributed by atoms with Crippen LogP contribution in [0.5, 0.6) is 5.75 Å². The van der Waals surface area contributed by atoms with Crippen LogP contribution in [0.15, 0.2) is 88.1 Å². The van der Waals surface area contributed by atoms with Crippen LogP contribution in [0.25, 0.3) is 11.0 Å². The van der Waals surface area contributed by atoms with Crippen molar-refractivity contribution in [2.75, 3.05) is 0 Å². The molecular formula is C30H29NO6. The molecule has 1 atom stereocenters. The fraction of sp³-hybridized carbons (Fsp3) is 0.233. The standard InChI is InChI=1S/C30H29NO6/c1-3-4-13-23-18-26(32)37-28-20(2)25(17-16-24(23)28)36-29(33)27(22-14-9-6-10-15-22)31-30(34)35-19-21-11-7-5-8-12-21/h5-12,14-18,27H,3-4,13,19H2,1-2H3,(H,31,34). The third kappa shape index (κ3) is 6.44. The van der Waals surface area contributed by atoms with E-state index in [1.807, 2.05) is 36.4 Å². The lowest BCUT2D eigenvalue weighted by Crippen LogP contribution is -2.36. The van der Waals surface area contributed by atoms with Crippen LogP contribution in [0.4, 0.5) is 4.79 Å². The Bertz CT molecular complexity index is 1430. The van der Waals surface area contributed by atoms with Crippen LogP contribution in [-0.4, -0.2) is 12.1 Å². The smallest absolute Gasteiger partial charge is 0.408 e. The lowest BCUT2D eigenvalue weighted by Gasteiger charge is -2.19. The van der Waals surface area contributed by atoms with Crippen LogP contribution < -0.4 is 15.7 Å². The average Bonchev–Trinajstić information content (AvgIpc) is 2.92. The van der Waals surface area contributed by atoms with E-state index < -0.39 is 23.7 Å². The minimum Gasteiger partial charge on any atom is -0.445 e. The number of ether oxygens (including phenoxy) is 2. The van der Waals surface area contributed by atoms with Gasteiger partial charge in [-0.15, -0.1) is 0 Å². The van der Waals surface area contributed by atoms with E-state index in [0.717, 1.165) is 35.8 Å². The maximum atomic E-state index is 13.3. The summed E-state index contributed by atoms with van der Waals surface area (Å²) >= 11 is 0. The maximum Gasteiger partial charge on any atom is 0.408 e. The quantitative estimate of drug-likeness (QED) is 0.172. The fourth-order valence-corrected chi connectivity index (χ4v) is 4.07. The number of hydrogen-bond donors (Lipinski definition) is 1. The predicted molar refractivity (Wildman–Crippen MR) is 140 cm³/mol. The summed E-state index contributed by atoms with van der Waals surface area (Å²) in [5.41, 5.74) is 2.73. The highest BCUT2D eigenvalue weighted by Gasteiger charge is 2.26. The summed E-state index contributed by atoms with van der Waals surface area (Å²) in [6, 6.07) is 21.9. The van der Waals surface area contributed by atoms with Gasteiger partial charge >= 0.3 is 17.7 Å². The molecule has 7 heteroatoms. The van der Waals surface area contributed by atoms with Gasteiger partial charge in [-0.2, -0.15) is 0 Å². The molecule has 37 heavy (non-hydrogen) atoms. The Morgan fingerprint density at radius 3 is 2.38 bits per heavy atom. The summed E-state index contributed by atoms with van der Waals surface area (Å²) < 4.78 is 16.5. The maximum absolute atomic E-state index is 13.3. The number of carbonyl (C=O) groups excluding carboxylic acids is 2. The molecular weight excluding hydrogens is 470 g/mol. The lowest BCUT2D eigenvalue weighted by molar-refractivity contribution is -0.136. The Balaban J connectivity index is 1.56. The van der Waals surface area contributed by atoms with E-state index in [1.54, 1.807) is 43.3 Å². The SMILES string of the molecule is CCCCc1cc(=O)oc2c(C)c(OC(=O)C(NC(=O)OCc3ccccc3)c3ccccc3)ccc12. The van der Waals surface area contributed by atoms with Crippen molar-refractivity contribution in [2.24, 2.45) is 0 Å². The number of aryl methyl sites for hydroxylation is 2. The molecule has 7 nitrogen and oxygen atoms in total. The molecule has 1 heterocycles. The number of fused-ring (bicyclic) bond motifs is 1. The van der Waals surface area contributed by atoms with Gasteiger partial charge in [0, 0.05) is 17.0 Å². The Labute approximate surface area is 215 Å². The molecule has 0 aliphatic rings. The number of benzene rings is 3. The number of esters is 1. The Kier molecular flexibility index (Phi) is 8.36. The van der Waals surface area contributed by atoms with Crippen molar-refractivity contribution in [3.63, 3.8) is 0 Å². The molecule has 1 N–H and O–H groups in total. The van der Waals surface area contributed by atoms with Crippen LogP contribution in [0, 0.1) is 6.92 Å². The van der Waals surface area contributed by atoms with Crippen molar-refractivity contribution in [1.29, 1.82) is 0 Å². The Hall–Kier alpha value is -4.39. The number of unbranched alkanes of at least 4 members (excludes halogenated alkanes) is 1. The topological polar surface area (TPSA) is 94.8 Å². The number of alkyl carbamates (subject to hydrolysis) is 1. The number of hydrogen-bond acceptors (Lipinski definition) is 6. The van der Waals surface area contributed by atoms with Crippen molar-refractivity contribution < 1.29 is 23.5 Å². The second kappa shape index (κ2) is 12.0. The van der Waals surface area contributed by atoms with Gasteiger partial charge in [0.1, 0.15) is 17.9 Å². The predicted octanol–water partition coefficient (Wildman–Crippen LogP) is 6.02. The largest absolute Gasteiger partial charge is 0.445 e. The summed E-state index contributed by atoms with van der Waals surface area (Å²) in [5.74, 6) is -0.455. The highest BCUT2D eigenvalue weighted by molar-refractivity contribution is 5.88. The monoisotopic (exact) mass is 499 g/mol. The first-order chi connectivity index (χ1) is 18.0. The van der Waals surface area contributed by atoms with Crippen molar-refractivity contribution in [1.82, 2.24) is 5.32 Å². The van der Waals surface area contributed by atoms with Crippen molar-refractivity contribution >= 4 is 23.0 Å². The van der Waals surface area contributed by atoms with E-state index >= 15 is 0 Å². The number of nitrogens with one attached hydrogen (secondary N) is 1. The molecule has 1 amide bonds. The van der Waals surface area contributed by atoms with Crippen LogP contribution in [0.1, 0.15) is 48.1 Å². The van der Waals surface area contributed by atoms with Gasteiger partial charge in [0.15, 0.2) is 6.04 Å². The van der Waals surface area contributed by atoms with Crippen LogP contribution in [0.3, 0.4) is 0 Å². The van der Waals surface area contributed by atoms with Gasteiger partial charge in [-0.1, -0.05) is 74.0 Å². The summed E-state index contributed by atoms with van der Waals surface area (Å²) in [4.78, 5) is 38.1. The third-order valence-corrected chi connectivity index (χ3v) is 6.05. The molecule has 1 aromatic heterocycles. The van der Waals surface area contributed by atoms with Gasteiger partial charge in [-0.3, -0.25) is 0 Å². The summed E-state index contributed by atoms with van der Waals surface area (Å²) in [5, 5.41) is 3.43. The summed E-state index contributed by atoms with van der Waals surface area (Å²) in [6.45, 7) is 3.88. The second-order valence-corrected chi connectivity index (χ2v) is 8.73. The minimum absolute atomic E-state index is 0.0619. The summed E-state index contributed by atoms with van der Waals surface area (Å²) in [7, 11) is 0. The Morgan fingerprint density at radius 1 is 0.973 bits per heavy atom. The highest BCUT2D eigenvalue weighted by Crippen LogP contribution is 2.30. The van der Waals surface area contributed by atoms with Gasteiger partial charge in [-0.25, -0.2) is 14.4 Å². The fourth-order valence-electron chi connectivity index (χ4n) is 4.07. The molecule has 0 bridgehead atoms. The van der Waals surface area contributed by atoms with Crippen molar-refractivity contribution in [3.05, 3.63) is 112 Å². The van der Waals surface area contributed by atoms with Crippen LogP contribution in [0.2, 0.25) is 0 Å². The van der Waals surface area contributed by atoms with E-state index in [1.165, 1.54) is 6.07 Å². The highest BCUT2D eigenvalue weighted by atomic mass is 16.6. The second-order valence-electron chi connectivity index (χ2n) is 8.73. The molecule has 1 unspecified atom stereocenters. The first kappa shape index (κ1) is 25.7. The Morgan fingerprint density at radius 2 is 1.68 bits per heavy atom. The van der Waals surface area contributed by atoms with E-state index in [4.69, 9.17) is 13.9 Å². The normalized spacial score (nSPS) is 11.6. The molecule has 0 spiro atoms. The zero-order chi connectivity index (χ0) is 26.2. The molecule has 0 saturated carbocycles. The van der Waals surface area contributed by atoms with E-state index in [-0.39, 0.29) is 12.4 Å². The number of carbonyl (C=O) groups is 2. The van der Waals surface area contributed by atoms with Crippen LogP contribution in [-0.2, 0) is 22.6 Å². The zero-order valence-electron chi connectivity index (χ0n) is 20.9. The van der Waals surface area contributed by atoms with Gasteiger partial charge < -0.3 is 19.2 Å². The first-order valence-electron chi connectivity index (χ1n) is 12.3. The van der Waals surface area contributed by atoms with Gasteiger partial charge in [-0.05, 0) is 48.6 Å². The number of rotatable bonds is 9. The molecule has 0 aliphatic carbocycles.